The van der Waals surface area contributed by atoms with Gasteiger partial charge in [0, 0.05) is 25.7 Å². The van der Waals surface area contributed by atoms with Gasteiger partial charge in [0.2, 0.25) is 0 Å². The van der Waals surface area contributed by atoms with E-state index in [9.17, 15) is 0 Å². The Bertz CT molecular complexity index is 521. The van der Waals surface area contributed by atoms with Gasteiger partial charge in [-0.15, -0.1) is 0 Å². The summed E-state index contributed by atoms with van der Waals surface area (Å²) < 4.78 is 0. The molecule has 20 heavy (non-hydrogen) atoms. The van der Waals surface area contributed by atoms with E-state index in [1.807, 2.05) is 7.05 Å². The summed E-state index contributed by atoms with van der Waals surface area (Å²) in [6, 6.07) is 8.78. The maximum atomic E-state index is 4.50. The Kier molecular flexibility index (Phi) is 4.78. The van der Waals surface area contributed by atoms with Gasteiger partial charge in [-0.2, -0.15) is 0 Å². The first-order valence-corrected chi connectivity index (χ1v) is 7.27. The van der Waals surface area contributed by atoms with Crippen LogP contribution in [0, 0.1) is 5.92 Å². The number of nitrogens with zero attached hydrogens (tertiary/aromatic N) is 2. The van der Waals surface area contributed by atoms with E-state index in [1.165, 1.54) is 11.3 Å². The van der Waals surface area contributed by atoms with Crippen molar-refractivity contribution in [3.8, 4) is 0 Å². The molecule has 2 heteroatoms. The first-order valence-electron chi connectivity index (χ1n) is 7.27. The lowest BCUT2D eigenvalue weighted by molar-refractivity contribution is 0.842. The molecule has 1 aromatic carbocycles. The average molecular weight is 268 g/mol. The first kappa shape index (κ1) is 14.6. The Balaban J connectivity index is 2.18. The Labute approximate surface area is 122 Å². The molecule has 0 aromatic heterocycles. The van der Waals surface area contributed by atoms with Crippen LogP contribution in [0.1, 0.15) is 31.7 Å². The summed E-state index contributed by atoms with van der Waals surface area (Å²) in [5.74, 6) is 2.06. The predicted octanol–water partition coefficient (Wildman–Crippen LogP) is 4.41. The van der Waals surface area contributed by atoms with Crippen LogP contribution in [0.3, 0.4) is 0 Å². The van der Waals surface area contributed by atoms with Crippen molar-refractivity contribution in [3.63, 3.8) is 0 Å². The van der Waals surface area contributed by atoms with Crippen LogP contribution in [0.2, 0.25) is 0 Å². The van der Waals surface area contributed by atoms with Crippen LogP contribution in [0.4, 0.5) is 5.69 Å². The van der Waals surface area contributed by atoms with Gasteiger partial charge >= 0.3 is 0 Å². The number of amidine groups is 1. The van der Waals surface area contributed by atoms with Gasteiger partial charge < -0.3 is 4.90 Å². The van der Waals surface area contributed by atoms with Gasteiger partial charge in [0.15, 0.2) is 0 Å². The van der Waals surface area contributed by atoms with Crippen molar-refractivity contribution < 1.29 is 0 Å². The Morgan fingerprint density at radius 2 is 1.90 bits per heavy atom. The lowest BCUT2D eigenvalue weighted by Gasteiger charge is -2.27. The molecule has 0 bridgehead atoms. The summed E-state index contributed by atoms with van der Waals surface area (Å²) >= 11 is 0. The highest BCUT2D eigenvalue weighted by Crippen LogP contribution is 2.23. The molecule has 1 unspecified atom stereocenters. The van der Waals surface area contributed by atoms with Crippen molar-refractivity contribution in [2.24, 2.45) is 10.9 Å². The molecule has 0 saturated heterocycles. The standard InChI is InChI=1S/C18H24N2/c1-14(2)15-10-12-17(13-11-15)20(4)18(19-3)16-8-6-5-7-9-16/h5-8,10-14,16H,9H2,1-4H3. The maximum absolute atomic E-state index is 4.50. The molecule has 0 spiro atoms. The highest BCUT2D eigenvalue weighted by atomic mass is 15.2. The SMILES string of the molecule is CN=C(C1C=CC=CC1)N(C)c1ccc(C(C)C)cc1. The molecule has 2 nitrogen and oxygen atoms in total. The third-order valence-electron chi connectivity index (χ3n) is 3.83. The second-order valence-corrected chi connectivity index (χ2v) is 5.54. The molecule has 1 atom stereocenters. The largest absolute Gasteiger partial charge is 0.333 e. The van der Waals surface area contributed by atoms with Crippen molar-refractivity contribution in [2.45, 2.75) is 26.2 Å². The molecule has 1 aliphatic rings. The number of allylic oxidation sites excluding steroid dienone is 3. The van der Waals surface area contributed by atoms with Crippen molar-refractivity contribution in [1.29, 1.82) is 0 Å². The van der Waals surface area contributed by atoms with Gasteiger partial charge in [0.25, 0.3) is 0 Å². The van der Waals surface area contributed by atoms with Gasteiger partial charge in [0.05, 0.1) is 0 Å². The molecule has 1 aliphatic carbocycles. The van der Waals surface area contributed by atoms with E-state index in [-0.39, 0.29) is 0 Å². The fourth-order valence-electron chi connectivity index (χ4n) is 2.55. The Morgan fingerprint density at radius 1 is 1.20 bits per heavy atom. The number of aliphatic imine (C=N–C) groups is 1. The minimum atomic E-state index is 0.375. The van der Waals surface area contributed by atoms with E-state index in [0.29, 0.717) is 11.8 Å². The van der Waals surface area contributed by atoms with Crippen LogP contribution in [0.25, 0.3) is 0 Å². The summed E-state index contributed by atoms with van der Waals surface area (Å²) in [5, 5.41) is 0. The second-order valence-electron chi connectivity index (χ2n) is 5.54. The zero-order valence-electron chi connectivity index (χ0n) is 12.9. The van der Waals surface area contributed by atoms with Gasteiger partial charge in [-0.3, -0.25) is 4.99 Å². The summed E-state index contributed by atoms with van der Waals surface area (Å²) in [4.78, 5) is 6.70. The minimum absolute atomic E-state index is 0.375. The van der Waals surface area contributed by atoms with Gasteiger partial charge in [-0.1, -0.05) is 50.3 Å². The number of anilines is 1. The highest BCUT2D eigenvalue weighted by molar-refractivity contribution is 6.00. The van der Waals surface area contributed by atoms with Crippen molar-refractivity contribution in [1.82, 2.24) is 0 Å². The molecule has 0 saturated carbocycles. The lowest BCUT2D eigenvalue weighted by Crippen LogP contribution is -2.32. The Morgan fingerprint density at radius 3 is 2.40 bits per heavy atom. The van der Waals surface area contributed by atoms with E-state index < -0.39 is 0 Å². The topological polar surface area (TPSA) is 15.6 Å². The molecule has 0 heterocycles. The van der Waals surface area contributed by atoms with Crippen LogP contribution in [-0.2, 0) is 0 Å². The fourth-order valence-corrected chi connectivity index (χ4v) is 2.55. The zero-order chi connectivity index (χ0) is 14.5. The van der Waals surface area contributed by atoms with E-state index in [4.69, 9.17) is 0 Å². The smallest absolute Gasteiger partial charge is 0.110 e. The fraction of sp³-hybridized carbons (Fsp3) is 0.389. The summed E-state index contributed by atoms with van der Waals surface area (Å²) in [5.41, 5.74) is 2.57. The molecule has 2 rings (SSSR count). The number of hydrogen-bond donors (Lipinski definition) is 0. The first-order chi connectivity index (χ1) is 9.63. The van der Waals surface area contributed by atoms with Gasteiger partial charge in [-0.05, 0) is 30.0 Å². The molecular weight excluding hydrogens is 244 g/mol. The summed E-state index contributed by atoms with van der Waals surface area (Å²) in [6.45, 7) is 4.44. The Hall–Kier alpha value is -1.83. The number of hydrogen-bond acceptors (Lipinski definition) is 1. The normalized spacial score (nSPS) is 18.6. The van der Waals surface area contributed by atoms with Crippen LogP contribution < -0.4 is 4.90 Å². The van der Waals surface area contributed by atoms with Crippen molar-refractivity contribution in [2.75, 3.05) is 19.0 Å². The van der Waals surface area contributed by atoms with Crippen LogP contribution in [0.15, 0.2) is 53.6 Å². The van der Waals surface area contributed by atoms with Gasteiger partial charge in [-0.25, -0.2) is 0 Å². The van der Waals surface area contributed by atoms with E-state index in [1.54, 1.807) is 0 Å². The molecular formula is C18H24N2. The third kappa shape index (κ3) is 3.19. The lowest BCUT2D eigenvalue weighted by atomic mass is 9.98. The van der Waals surface area contributed by atoms with Gasteiger partial charge in [0.1, 0.15) is 5.84 Å². The zero-order valence-corrected chi connectivity index (χ0v) is 12.9. The second kappa shape index (κ2) is 6.56. The molecule has 0 N–H and O–H groups in total. The molecule has 0 radical (unpaired) electrons. The maximum Gasteiger partial charge on any atom is 0.110 e. The van der Waals surface area contributed by atoms with Crippen LogP contribution in [0.5, 0.6) is 0 Å². The molecule has 0 amide bonds. The van der Waals surface area contributed by atoms with Crippen LogP contribution >= 0.6 is 0 Å². The van der Waals surface area contributed by atoms with E-state index >= 15 is 0 Å². The summed E-state index contributed by atoms with van der Waals surface area (Å²) in [7, 11) is 3.97. The molecule has 0 aliphatic heterocycles. The molecule has 1 aromatic rings. The monoisotopic (exact) mass is 268 g/mol. The minimum Gasteiger partial charge on any atom is -0.333 e. The highest BCUT2D eigenvalue weighted by Gasteiger charge is 2.18. The van der Waals surface area contributed by atoms with Crippen molar-refractivity contribution in [3.05, 3.63) is 54.1 Å². The van der Waals surface area contributed by atoms with E-state index in [0.717, 1.165) is 12.3 Å². The molecule has 0 fully saturated rings. The summed E-state index contributed by atoms with van der Waals surface area (Å²) in [6.07, 6.45) is 9.65. The molecule has 106 valence electrons. The van der Waals surface area contributed by atoms with E-state index in [2.05, 4.69) is 79.4 Å². The van der Waals surface area contributed by atoms with Crippen LogP contribution in [-0.4, -0.2) is 19.9 Å². The average Bonchev–Trinajstić information content (AvgIpc) is 2.49. The van der Waals surface area contributed by atoms with Crippen molar-refractivity contribution >= 4 is 11.5 Å². The third-order valence-corrected chi connectivity index (χ3v) is 3.83. The quantitative estimate of drug-likeness (QED) is 0.586. The number of benzene rings is 1. The predicted molar refractivity (Wildman–Crippen MR) is 88.7 cm³/mol. The number of rotatable bonds is 3.